The lowest BCUT2D eigenvalue weighted by Gasteiger charge is -2.33. The smallest absolute Gasteiger partial charge is 0.341 e. The number of esters is 1. The molecule has 1 unspecified atom stereocenters. The Labute approximate surface area is 191 Å². The topological polar surface area (TPSA) is 98.5 Å². The lowest BCUT2D eigenvalue weighted by molar-refractivity contribution is -0.384. The van der Waals surface area contributed by atoms with E-state index in [9.17, 15) is 19.7 Å². The number of hydrogen-bond acceptors (Lipinski definition) is 6. The molecule has 1 aliphatic carbocycles. The molecule has 0 aliphatic heterocycles. The number of nitro groups is 1. The number of rotatable bonds is 6. The highest BCUT2D eigenvalue weighted by Gasteiger charge is 2.34. The average molecular weight is 457 g/mol. The van der Waals surface area contributed by atoms with Crippen molar-refractivity contribution in [2.75, 3.05) is 11.9 Å². The van der Waals surface area contributed by atoms with Crippen LogP contribution in [0, 0.1) is 21.4 Å². The first-order valence-corrected chi connectivity index (χ1v) is 11.5. The highest BCUT2D eigenvalue weighted by atomic mass is 32.1. The standard InChI is InChI=1S/C24H28N2O5S/c1-5-31-23(28)21-18-11-10-16(24(2,3)4)14-19(18)32-22(21)25-20(27)12-9-15-7-6-8-17(13-15)26(29)30/h6-9,12-13,16H,5,10-11,14H2,1-4H3,(H,25,27). The molecule has 0 radical (unpaired) electrons. The van der Waals surface area contributed by atoms with Crippen molar-refractivity contribution in [2.24, 2.45) is 11.3 Å². The fourth-order valence-corrected chi connectivity index (χ4v) is 5.22. The maximum absolute atomic E-state index is 12.7. The molecule has 1 atom stereocenters. The summed E-state index contributed by atoms with van der Waals surface area (Å²) in [5, 5.41) is 14.3. The number of amides is 1. The Morgan fingerprint density at radius 1 is 1.34 bits per heavy atom. The van der Waals surface area contributed by atoms with Crippen LogP contribution in [-0.2, 0) is 22.4 Å². The number of benzene rings is 1. The molecule has 7 nitrogen and oxygen atoms in total. The zero-order valence-corrected chi connectivity index (χ0v) is 19.6. The van der Waals surface area contributed by atoms with Crippen molar-refractivity contribution in [3.63, 3.8) is 0 Å². The van der Waals surface area contributed by atoms with Crippen molar-refractivity contribution >= 4 is 40.0 Å². The Hall–Kier alpha value is -3.00. The number of nitrogens with one attached hydrogen (secondary N) is 1. The predicted molar refractivity (Wildman–Crippen MR) is 126 cm³/mol. The second kappa shape index (κ2) is 9.65. The molecule has 3 rings (SSSR count). The highest BCUT2D eigenvalue weighted by molar-refractivity contribution is 7.17. The van der Waals surface area contributed by atoms with Crippen LogP contribution >= 0.6 is 11.3 Å². The highest BCUT2D eigenvalue weighted by Crippen LogP contribution is 2.44. The molecule has 1 heterocycles. The van der Waals surface area contributed by atoms with Crippen LogP contribution in [-0.4, -0.2) is 23.4 Å². The molecule has 1 aromatic heterocycles. The van der Waals surface area contributed by atoms with Gasteiger partial charge in [0, 0.05) is 23.1 Å². The second-order valence-corrected chi connectivity index (χ2v) is 10.0. The summed E-state index contributed by atoms with van der Waals surface area (Å²) in [5.41, 5.74) is 2.09. The van der Waals surface area contributed by atoms with Crippen molar-refractivity contribution in [1.82, 2.24) is 0 Å². The lowest BCUT2D eigenvalue weighted by atomic mass is 9.72. The van der Waals surface area contributed by atoms with Crippen molar-refractivity contribution in [1.29, 1.82) is 0 Å². The number of ether oxygens (including phenoxy) is 1. The van der Waals surface area contributed by atoms with Gasteiger partial charge in [0.1, 0.15) is 5.00 Å². The first kappa shape index (κ1) is 23.7. The number of nitro benzene ring substituents is 1. The lowest BCUT2D eigenvalue weighted by Crippen LogP contribution is -2.26. The first-order chi connectivity index (χ1) is 15.1. The summed E-state index contributed by atoms with van der Waals surface area (Å²) in [6, 6.07) is 6.03. The maximum Gasteiger partial charge on any atom is 0.341 e. The summed E-state index contributed by atoms with van der Waals surface area (Å²) < 4.78 is 5.27. The molecule has 0 fully saturated rings. The van der Waals surface area contributed by atoms with Crippen LogP contribution in [0.25, 0.3) is 6.08 Å². The van der Waals surface area contributed by atoms with E-state index in [0.717, 1.165) is 29.7 Å². The third kappa shape index (κ3) is 5.43. The number of carbonyl (C=O) groups excluding carboxylic acids is 2. The Balaban J connectivity index is 1.84. The van der Waals surface area contributed by atoms with Gasteiger partial charge >= 0.3 is 5.97 Å². The molecular weight excluding hydrogens is 428 g/mol. The summed E-state index contributed by atoms with van der Waals surface area (Å²) in [6.07, 6.45) is 5.45. The van der Waals surface area contributed by atoms with Crippen LogP contribution in [0.2, 0.25) is 0 Å². The van der Waals surface area contributed by atoms with Gasteiger partial charge in [0.2, 0.25) is 5.91 Å². The molecule has 1 aliphatic rings. The van der Waals surface area contributed by atoms with Gasteiger partial charge in [0.05, 0.1) is 17.1 Å². The third-order valence-corrected chi connectivity index (χ3v) is 6.88. The van der Waals surface area contributed by atoms with E-state index in [1.807, 2.05) is 0 Å². The molecule has 32 heavy (non-hydrogen) atoms. The second-order valence-electron chi connectivity index (χ2n) is 8.91. The van der Waals surface area contributed by atoms with Gasteiger partial charge in [-0.1, -0.05) is 32.9 Å². The Bertz CT molecular complexity index is 1060. The van der Waals surface area contributed by atoms with Gasteiger partial charge in [-0.25, -0.2) is 4.79 Å². The van der Waals surface area contributed by atoms with Crippen LogP contribution in [0.4, 0.5) is 10.7 Å². The zero-order chi connectivity index (χ0) is 23.5. The third-order valence-electron chi connectivity index (χ3n) is 5.71. The van der Waals surface area contributed by atoms with E-state index < -0.39 is 16.8 Å². The normalized spacial score (nSPS) is 15.9. The number of hydrogen-bond donors (Lipinski definition) is 1. The molecule has 170 valence electrons. The van der Waals surface area contributed by atoms with E-state index in [1.54, 1.807) is 19.1 Å². The van der Waals surface area contributed by atoms with Crippen molar-refractivity contribution < 1.29 is 19.2 Å². The van der Waals surface area contributed by atoms with Crippen LogP contribution in [0.3, 0.4) is 0 Å². The van der Waals surface area contributed by atoms with Gasteiger partial charge in [0.15, 0.2) is 0 Å². The van der Waals surface area contributed by atoms with Crippen LogP contribution in [0.15, 0.2) is 30.3 Å². The van der Waals surface area contributed by atoms with Crippen molar-refractivity contribution in [3.05, 3.63) is 62.0 Å². The van der Waals surface area contributed by atoms with Gasteiger partial charge in [-0.2, -0.15) is 0 Å². The minimum Gasteiger partial charge on any atom is -0.462 e. The Kier molecular flexibility index (Phi) is 7.13. The molecule has 2 aromatic rings. The summed E-state index contributed by atoms with van der Waals surface area (Å²) >= 11 is 1.44. The Morgan fingerprint density at radius 2 is 2.09 bits per heavy atom. The van der Waals surface area contributed by atoms with Gasteiger partial charge in [-0.15, -0.1) is 11.3 Å². The SMILES string of the molecule is CCOC(=O)c1c(NC(=O)C=Cc2cccc([N+](=O)[O-])c2)sc2c1CCC(C(C)(C)C)C2. The molecule has 0 saturated carbocycles. The van der Waals surface area contributed by atoms with E-state index >= 15 is 0 Å². The van der Waals surface area contributed by atoms with E-state index in [0.29, 0.717) is 22.0 Å². The van der Waals surface area contributed by atoms with Crippen LogP contribution < -0.4 is 5.32 Å². The molecular formula is C24H28N2O5S. The molecule has 0 spiro atoms. The molecule has 8 heteroatoms. The fraction of sp³-hybridized carbons (Fsp3) is 0.417. The number of anilines is 1. The molecule has 1 aromatic carbocycles. The van der Waals surface area contributed by atoms with Gasteiger partial charge in [-0.05, 0) is 54.7 Å². The summed E-state index contributed by atoms with van der Waals surface area (Å²) in [6.45, 7) is 8.69. The number of thiophene rings is 1. The van der Waals surface area contributed by atoms with Gasteiger partial charge in [-0.3, -0.25) is 14.9 Å². The average Bonchev–Trinajstić information content (AvgIpc) is 3.09. The molecule has 0 bridgehead atoms. The first-order valence-electron chi connectivity index (χ1n) is 10.6. The number of carbonyl (C=O) groups is 2. The van der Waals surface area contributed by atoms with Gasteiger partial charge in [0.25, 0.3) is 5.69 Å². The zero-order valence-electron chi connectivity index (χ0n) is 18.8. The van der Waals surface area contributed by atoms with Gasteiger partial charge < -0.3 is 10.1 Å². The molecule has 1 amide bonds. The van der Waals surface area contributed by atoms with Crippen molar-refractivity contribution in [3.8, 4) is 0 Å². The van der Waals surface area contributed by atoms with Crippen molar-refractivity contribution in [2.45, 2.75) is 47.0 Å². The minimum atomic E-state index is -0.482. The van der Waals surface area contributed by atoms with Crippen LogP contribution in [0.1, 0.15) is 60.5 Å². The van der Waals surface area contributed by atoms with Crippen LogP contribution in [0.5, 0.6) is 0 Å². The largest absolute Gasteiger partial charge is 0.462 e. The number of nitrogens with zero attached hydrogens (tertiary/aromatic N) is 1. The maximum atomic E-state index is 12.7. The monoisotopic (exact) mass is 456 g/mol. The number of non-ortho nitro benzene ring substituents is 1. The van der Waals surface area contributed by atoms with E-state index in [2.05, 4.69) is 26.1 Å². The summed E-state index contributed by atoms with van der Waals surface area (Å²) in [4.78, 5) is 36.9. The minimum absolute atomic E-state index is 0.0449. The molecule has 1 N–H and O–H groups in total. The van der Waals surface area contributed by atoms with E-state index in [1.165, 1.54) is 35.6 Å². The molecule has 0 saturated heterocycles. The Morgan fingerprint density at radius 3 is 2.75 bits per heavy atom. The quantitative estimate of drug-likeness (QED) is 0.263. The summed E-state index contributed by atoms with van der Waals surface area (Å²) in [7, 11) is 0. The predicted octanol–water partition coefficient (Wildman–Crippen LogP) is 5.64. The fourth-order valence-electron chi connectivity index (χ4n) is 3.90. The van der Waals surface area contributed by atoms with E-state index in [-0.39, 0.29) is 17.7 Å². The van der Waals surface area contributed by atoms with E-state index in [4.69, 9.17) is 4.74 Å². The summed E-state index contributed by atoms with van der Waals surface area (Å²) in [5.74, 6) is -0.328. The number of fused-ring (bicyclic) bond motifs is 1.